The number of rotatable bonds is 5. The zero-order valence-corrected chi connectivity index (χ0v) is 17.8. The molecule has 1 amide bonds. The van der Waals surface area contributed by atoms with Crippen LogP contribution in [0, 0.1) is 12.7 Å². The Morgan fingerprint density at radius 3 is 2.29 bits per heavy atom. The number of nitrogens with one attached hydrogen (secondary N) is 1. The summed E-state index contributed by atoms with van der Waals surface area (Å²) in [6.45, 7) is 2.60. The number of halogens is 1. The molecule has 3 aromatic rings. The fourth-order valence-electron chi connectivity index (χ4n) is 3.81. The minimum atomic E-state index is -3.55. The summed E-state index contributed by atoms with van der Waals surface area (Å²) in [4.78, 5) is 19.8. The lowest BCUT2D eigenvalue weighted by Gasteiger charge is -2.30. The fraction of sp³-hybridized carbons (Fsp3) is 0.273. The summed E-state index contributed by atoms with van der Waals surface area (Å²) in [5.41, 5.74) is 7.62. The number of aryl methyl sites for hydroxylation is 1. The average Bonchev–Trinajstić information content (AvgIpc) is 3.20. The van der Waals surface area contributed by atoms with E-state index in [1.54, 1.807) is 36.4 Å². The first kappa shape index (κ1) is 21.2. The normalized spacial score (nSPS) is 15.8. The summed E-state index contributed by atoms with van der Waals surface area (Å²) in [5.74, 6) is -0.503. The molecule has 0 saturated carbocycles. The maximum Gasteiger partial charge on any atom is 0.267 e. The van der Waals surface area contributed by atoms with Gasteiger partial charge >= 0.3 is 0 Å². The summed E-state index contributed by atoms with van der Waals surface area (Å²) in [6.07, 6.45) is 1.11. The van der Waals surface area contributed by atoms with Gasteiger partial charge in [-0.3, -0.25) is 4.79 Å². The number of hydrogen-bond acceptors (Lipinski definition) is 4. The van der Waals surface area contributed by atoms with Crippen molar-refractivity contribution in [2.45, 2.75) is 30.6 Å². The molecule has 2 aromatic carbocycles. The molecule has 162 valence electrons. The zero-order chi connectivity index (χ0) is 22.2. The van der Waals surface area contributed by atoms with Gasteiger partial charge < -0.3 is 10.7 Å². The number of aromatic amines is 1. The molecule has 0 bridgehead atoms. The van der Waals surface area contributed by atoms with E-state index in [0.29, 0.717) is 43.0 Å². The lowest BCUT2D eigenvalue weighted by atomic mass is 9.97. The van der Waals surface area contributed by atoms with Crippen molar-refractivity contribution < 1.29 is 17.6 Å². The number of aromatic nitrogens is 2. The molecular weight excluding hydrogens is 419 g/mol. The van der Waals surface area contributed by atoms with E-state index < -0.39 is 15.9 Å². The monoisotopic (exact) mass is 442 g/mol. The molecule has 1 fully saturated rings. The largest absolute Gasteiger partial charge is 0.364 e. The third-order valence-corrected chi connectivity index (χ3v) is 7.50. The highest BCUT2D eigenvalue weighted by Crippen LogP contribution is 2.32. The van der Waals surface area contributed by atoms with E-state index in [4.69, 9.17) is 5.73 Å². The van der Waals surface area contributed by atoms with Gasteiger partial charge in [-0.2, -0.15) is 4.31 Å². The summed E-state index contributed by atoms with van der Waals surface area (Å²) < 4.78 is 40.6. The highest BCUT2D eigenvalue weighted by atomic mass is 32.2. The molecule has 1 aromatic heterocycles. The Balaban J connectivity index is 1.54. The second-order valence-electron chi connectivity index (χ2n) is 7.71. The molecule has 3 N–H and O–H groups in total. The molecule has 4 rings (SSSR count). The Labute approximate surface area is 180 Å². The predicted molar refractivity (Wildman–Crippen MR) is 114 cm³/mol. The van der Waals surface area contributed by atoms with Gasteiger partial charge in [0.2, 0.25) is 10.0 Å². The van der Waals surface area contributed by atoms with Gasteiger partial charge in [-0.15, -0.1) is 0 Å². The molecule has 0 unspecified atom stereocenters. The number of benzene rings is 2. The van der Waals surface area contributed by atoms with Crippen LogP contribution < -0.4 is 5.73 Å². The summed E-state index contributed by atoms with van der Waals surface area (Å²) >= 11 is 0. The first-order valence-electron chi connectivity index (χ1n) is 9.98. The van der Waals surface area contributed by atoms with Gasteiger partial charge in [0.25, 0.3) is 5.91 Å². The van der Waals surface area contributed by atoms with E-state index in [2.05, 4.69) is 9.97 Å². The Kier molecular flexibility index (Phi) is 5.63. The van der Waals surface area contributed by atoms with Crippen molar-refractivity contribution >= 4 is 15.9 Å². The van der Waals surface area contributed by atoms with Crippen LogP contribution in [-0.2, 0) is 10.0 Å². The third-order valence-electron chi connectivity index (χ3n) is 5.59. The van der Waals surface area contributed by atoms with Crippen molar-refractivity contribution in [2.75, 3.05) is 13.1 Å². The van der Waals surface area contributed by atoms with Gasteiger partial charge in [0.05, 0.1) is 4.90 Å². The van der Waals surface area contributed by atoms with E-state index >= 15 is 0 Å². The van der Waals surface area contributed by atoms with Crippen LogP contribution in [0.15, 0.2) is 53.4 Å². The van der Waals surface area contributed by atoms with Crippen LogP contribution in [0.25, 0.3) is 11.3 Å². The van der Waals surface area contributed by atoms with Crippen LogP contribution in [-0.4, -0.2) is 41.7 Å². The van der Waals surface area contributed by atoms with E-state index in [9.17, 15) is 17.6 Å². The Bertz CT molecular complexity index is 1200. The van der Waals surface area contributed by atoms with Gasteiger partial charge in [0.1, 0.15) is 23.0 Å². The topological polar surface area (TPSA) is 109 Å². The number of imidazole rings is 1. The maximum absolute atomic E-state index is 13.3. The smallest absolute Gasteiger partial charge is 0.267 e. The Morgan fingerprint density at radius 1 is 1.10 bits per heavy atom. The minimum Gasteiger partial charge on any atom is -0.364 e. The van der Waals surface area contributed by atoms with Crippen molar-refractivity contribution in [3.8, 4) is 11.3 Å². The first-order chi connectivity index (χ1) is 14.8. The van der Waals surface area contributed by atoms with Gasteiger partial charge in [-0.25, -0.2) is 17.8 Å². The van der Waals surface area contributed by atoms with Crippen LogP contribution in [0.3, 0.4) is 0 Å². The highest BCUT2D eigenvalue weighted by molar-refractivity contribution is 7.89. The average molecular weight is 443 g/mol. The predicted octanol–water partition coefficient (Wildman–Crippen LogP) is 3.19. The second-order valence-corrected chi connectivity index (χ2v) is 9.65. The molecule has 1 saturated heterocycles. The number of sulfonamides is 1. The number of hydrogen-bond donors (Lipinski definition) is 2. The standard InChI is InChI=1S/C22H23FN4O3S/c1-14-2-8-18(9-3-14)31(29,30)27-12-10-16(11-13-27)22-25-19(20(26-22)21(24)28)15-4-6-17(23)7-5-15/h2-9,16H,10-13H2,1H3,(H2,24,28)(H,25,26). The molecular formula is C22H23FN4O3S. The molecule has 9 heteroatoms. The van der Waals surface area contributed by atoms with E-state index in [1.807, 2.05) is 6.92 Å². The lowest BCUT2D eigenvalue weighted by molar-refractivity contribution is 0.0996. The quantitative estimate of drug-likeness (QED) is 0.632. The SMILES string of the molecule is Cc1ccc(S(=O)(=O)N2CCC(c3nc(-c4ccc(F)cc4)c(C(N)=O)[nH]3)CC2)cc1. The van der Waals surface area contributed by atoms with Crippen molar-refractivity contribution in [3.63, 3.8) is 0 Å². The number of nitrogens with zero attached hydrogens (tertiary/aromatic N) is 2. The lowest BCUT2D eigenvalue weighted by Crippen LogP contribution is -2.38. The molecule has 2 heterocycles. The highest BCUT2D eigenvalue weighted by Gasteiger charge is 2.32. The molecule has 7 nitrogen and oxygen atoms in total. The maximum atomic E-state index is 13.3. The van der Waals surface area contributed by atoms with Crippen LogP contribution in [0.1, 0.15) is 40.6 Å². The molecule has 0 atom stereocenters. The summed E-state index contributed by atoms with van der Waals surface area (Å²) in [7, 11) is -3.55. The Morgan fingerprint density at radius 2 is 1.71 bits per heavy atom. The molecule has 1 aliphatic heterocycles. The van der Waals surface area contributed by atoms with E-state index in [1.165, 1.54) is 16.4 Å². The van der Waals surface area contributed by atoms with Gasteiger partial charge in [-0.05, 0) is 56.2 Å². The van der Waals surface area contributed by atoms with Crippen molar-refractivity contribution in [1.29, 1.82) is 0 Å². The van der Waals surface area contributed by atoms with E-state index in [-0.39, 0.29) is 22.3 Å². The molecule has 31 heavy (non-hydrogen) atoms. The van der Waals surface area contributed by atoms with Crippen molar-refractivity contribution in [2.24, 2.45) is 5.73 Å². The minimum absolute atomic E-state index is 0.0447. The molecule has 0 radical (unpaired) electrons. The zero-order valence-electron chi connectivity index (χ0n) is 17.0. The van der Waals surface area contributed by atoms with Gasteiger partial charge in [-0.1, -0.05) is 17.7 Å². The second kappa shape index (κ2) is 8.24. The number of amides is 1. The van der Waals surface area contributed by atoms with E-state index in [0.717, 1.165) is 5.56 Å². The third kappa shape index (κ3) is 4.24. The number of piperidine rings is 1. The first-order valence-corrected chi connectivity index (χ1v) is 11.4. The fourth-order valence-corrected chi connectivity index (χ4v) is 5.28. The van der Waals surface area contributed by atoms with Crippen molar-refractivity contribution in [3.05, 3.63) is 71.4 Å². The van der Waals surface area contributed by atoms with Crippen LogP contribution in [0.4, 0.5) is 4.39 Å². The molecule has 1 aliphatic rings. The number of nitrogens with two attached hydrogens (primary N) is 1. The molecule has 0 aliphatic carbocycles. The summed E-state index contributed by atoms with van der Waals surface area (Å²) in [6, 6.07) is 12.5. The van der Waals surface area contributed by atoms with Crippen LogP contribution in [0.2, 0.25) is 0 Å². The summed E-state index contributed by atoms with van der Waals surface area (Å²) in [5, 5.41) is 0. The van der Waals surface area contributed by atoms with Crippen molar-refractivity contribution in [1.82, 2.24) is 14.3 Å². The Hall–Kier alpha value is -3.04. The number of H-pyrrole nitrogens is 1. The van der Waals surface area contributed by atoms with Gasteiger partial charge in [0, 0.05) is 24.6 Å². The van der Waals surface area contributed by atoms with Crippen LogP contribution >= 0.6 is 0 Å². The van der Waals surface area contributed by atoms with Crippen LogP contribution in [0.5, 0.6) is 0 Å². The number of carbonyl (C=O) groups is 1. The molecule has 0 spiro atoms. The van der Waals surface area contributed by atoms with Gasteiger partial charge in [0.15, 0.2) is 0 Å². The number of primary amides is 1. The number of carbonyl (C=O) groups excluding carboxylic acids is 1.